The van der Waals surface area contributed by atoms with Crippen LogP contribution in [0.4, 0.5) is 11.5 Å². The maximum absolute atomic E-state index is 12.7. The van der Waals surface area contributed by atoms with E-state index in [9.17, 15) is 13.2 Å². The number of nitrogens with zero attached hydrogens (tertiary/aromatic N) is 5. The average molecular weight is 399 g/mol. The molecule has 1 amide bonds. The summed E-state index contributed by atoms with van der Waals surface area (Å²) < 4.78 is 25.5. The second kappa shape index (κ2) is 8.27. The Kier molecular flexibility index (Phi) is 5.80. The van der Waals surface area contributed by atoms with Gasteiger partial charge in [-0.25, -0.2) is 13.4 Å². The second-order valence-corrected chi connectivity index (χ2v) is 8.39. The molecule has 0 bridgehead atoms. The molecule has 2 aromatic rings. The lowest BCUT2D eigenvalue weighted by molar-refractivity contribution is -0.129. The van der Waals surface area contributed by atoms with Crippen LogP contribution in [-0.2, 0) is 14.8 Å². The van der Waals surface area contributed by atoms with Gasteiger partial charge in [-0.05, 0) is 30.3 Å². The summed E-state index contributed by atoms with van der Waals surface area (Å²) in [5, 5.41) is 9.05. The molecule has 146 valence electrons. The Morgan fingerprint density at radius 3 is 2.54 bits per heavy atom. The van der Waals surface area contributed by atoms with E-state index in [2.05, 4.69) is 9.88 Å². The molecule has 0 radical (unpaired) electrons. The van der Waals surface area contributed by atoms with Crippen molar-refractivity contribution < 1.29 is 13.2 Å². The molecule has 1 aliphatic heterocycles. The fourth-order valence-corrected chi connectivity index (χ4v) is 3.92. The van der Waals surface area contributed by atoms with E-state index in [4.69, 9.17) is 5.26 Å². The first kappa shape index (κ1) is 19.6. The molecule has 1 aromatic heterocycles. The maximum atomic E-state index is 12.7. The van der Waals surface area contributed by atoms with Gasteiger partial charge in [-0.15, -0.1) is 0 Å². The van der Waals surface area contributed by atoms with Gasteiger partial charge in [0.2, 0.25) is 15.9 Å². The van der Waals surface area contributed by atoms with Gasteiger partial charge in [0.25, 0.3) is 0 Å². The van der Waals surface area contributed by atoms with Crippen molar-refractivity contribution in [1.29, 1.82) is 5.26 Å². The summed E-state index contributed by atoms with van der Waals surface area (Å²) in [5.41, 5.74) is 0.643. The van der Waals surface area contributed by atoms with Crippen LogP contribution < -0.4 is 9.21 Å². The van der Waals surface area contributed by atoms with E-state index in [1.54, 1.807) is 29.3 Å². The minimum absolute atomic E-state index is 0.270. The van der Waals surface area contributed by atoms with E-state index in [1.165, 1.54) is 6.07 Å². The minimum Gasteiger partial charge on any atom is -0.353 e. The van der Waals surface area contributed by atoms with Crippen molar-refractivity contribution in [2.45, 2.75) is 0 Å². The van der Waals surface area contributed by atoms with Gasteiger partial charge in [-0.1, -0.05) is 12.1 Å². The van der Waals surface area contributed by atoms with Crippen LogP contribution >= 0.6 is 0 Å². The molecule has 1 aliphatic rings. The Balaban J connectivity index is 1.69. The lowest BCUT2D eigenvalue weighted by Gasteiger charge is -2.36. The van der Waals surface area contributed by atoms with E-state index in [1.807, 2.05) is 24.3 Å². The molecule has 8 nitrogen and oxygen atoms in total. The van der Waals surface area contributed by atoms with Crippen molar-refractivity contribution in [3.8, 4) is 6.07 Å². The first-order valence-electron chi connectivity index (χ1n) is 8.80. The highest BCUT2D eigenvalue weighted by atomic mass is 32.2. The predicted octanol–water partition coefficient (Wildman–Crippen LogP) is 1.07. The summed E-state index contributed by atoms with van der Waals surface area (Å²) >= 11 is 0. The molecule has 0 aliphatic carbocycles. The van der Waals surface area contributed by atoms with Gasteiger partial charge in [0, 0.05) is 32.4 Å². The Labute approximate surface area is 164 Å². The van der Waals surface area contributed by atoms with Gasteiger partial charge in [0.15, 0.2) is 0 Å². The zero-order valence-corrected chi connectivity index (χ0v) is 16.3. The first-order valence-corrected chi connectivity index (χ1v) is 10.6. The van der Waals surface area contributed by atoms with Crippen molar-refractivity contribution in [3.05, 3.63) is 54.2 Å². The molecule has 1 aromatic carbocycles. The molecule has 1 saturated heterocycles. The van der Waals surface area contributed by atoms with Crippen LogP contribution in [-0.4, -0.2) is 63.2 Å². The Hall–Kier alpha value is -3.12. The standard InChI is InChI=1S/C19H21N5O3S/c1-28(26,27)24(17-6-4-5-16(13-17)14-20)15-19(25)23-11-9-22(10-12-23)18-7-2-3-8-21-18/h2-8,13H,9-12,15H2,1H3. The predicted molar refractivity (Wildman–Crippen MR) is 106 cm³/mol. The summed E-state index contributed by atoms with van der Waals surface area (Å²) in [5.74, 6) is 0.592. The van der Waals surface area contributed by atoms with E-state index in [0.29, 0.717) is 37.4 Å². The molecule has 9 heteroatoms. The number of anilines is 2. The molecular formula is C19H21N5O3S. The topological polar surface area (TPSA) is 97.6 Å². The molecule has 1 fully saturated rings. The van der Waals surface area contributed by atoms with E-state index >= 15 is 0 Å². The van der Waals surface area contributed by atoms with Crippen LogP contribution in [0, 0.1) is 11.3 Å². The minimum atomic E-state index is -3.67. The van der Waals surface area contributed by atoms with Gasteiger partial charge < -0.3 is 9.80 Å². The molecule has 0 unspecified atom stereocenters. The highest BCUT2D eigenvalue weighted by molar-refractivity contribution is 7.92. The summed E-state index contributed by atoms with van der Waals surface area (Å²) in [6.45, 7) is 1.95. The number of pyridine rings is 1. The SMILES string of the molecule is CS(=O)(=O)N(CC(=O)N1CCN(c2ccccn2)CC1)c1cccc(C#N)c1. The van der Waals surface area contributed by atoms with Crippen molar-refractivity contribution in [2.75, 3.05) is 48.2 Å². The van der Waals surface area contributed by atoms with Gasteiger partial charge in [0.1, 0.15) is 12.4 Å². The Morgan fingerprint density at radius 1 is 1.18 bits per heavy atom. The maximum Gasteiger partial charge on any atom is 0.243 e. The largest absolute Gasteiger partial charge is 0.353 e. The zero-order valence-electron chi connectivity index (χ0n) is 15.5. The third-order valence-corrected chi connectivity index (χ3v) is 5.69. The second-order valence-electron chi connectivity index (χ2n) is 6.49. The number of hydrogen-bond donors (Lipinski definition) is 0. The highest BCUT2D eigenvalue weighted by Crippen LogP contribution is 2.20. The number of rotatable bonds is 5. The smallest absolute Gasteiger partial charge is 0.243 e. The molecule has 0 atom stereocenters. The van der Waals surface area contributed by atoms with Gasteiger partial charge in [-0.2, -0.15) is 5.26 Å². The number of sulfonamides is 1. The third kappa shape index (κ3) is 4.58. The van der Waals surface area contributed by atoms with Crippen LogP contribution in [0.1, 0.15) is 5.56 Å². The number of carbonyl (C=O) groups is 1. The lowest BCUT2D eigenvalue weighted by Crippen LogP contribution is -2.52. The number of hydrogen-bond acceptors (Lipinski definition) is 6. The van der Waals surface area contributed by atoms with Crippen LogP contribution in [0.15, 0.2) is 48.7 Å². The van der Waals surface area contributed by atoms with Gasteiger partial charge in [0.05, 0.1) is 23.6 Å². The summed E-state index contributed by atoms with van der Waals surface area (Å²) in [4.78, 5) is 20.8. The number of aromatic nitrogens is 1. The molecule has 0 spiro atoms. The summed E-state index contributed by atoms with van der Waals surface area (Å²) in [6.07, 6.45) is 2.78. The van der Waals surface area contributed by atoms with Crippen LogP contribution in [0.2, 0.25) is 0 Å². The van der Waals surface area contributed by atoms with Crippen molar-refractivity contribution in [3.63, 3.8) is 0 Å². The van der Waals surface area contributed by atoms with Crippen LogP contribution in [0.25, 0.3) is 0 Å². The van der Waals surface area contributed by atoms with Crippen LogP contribution in [0.3, 0.4) is 0 Å². The number of piperazine rings is 1. The third-order valence-electron chi connectivity index (χ3n) is 4.55. The van der Waals surface area contributed by atoms with Crippen LogP contribution in [0.5, 0.6) is 0 Å². The Morgan fingerprint density at radius 2 is 1.93 bits per heavy atom. The fraction of sp³-hybridized carbons (Fsp3) is 0.316. The molecule has 3 rings (SSSR count). The average Bonchev–Trinajstić information content (AvgIpc) is 2.71. The Bertz CT molecular complexity index is 980. The van der Waals surface area contributed by atoms with Crippen molar-refractivity contribution in [1.82, 2.24) is 9.88 Å². The van der Waals surface area contributed by atoms with E-state index in [-0.39, 0.29) is 12.5 Å². The number of amides is 1. The normalized spacial score (nSPS) is 14.4. The first-order chi connectivity index (χ1) is 13.4. The van der Waals surface area contributed by atoms with Gasteiger partial charge in [-0.3, -0.25) is 9.10 Å². The number of nitriles is 1. The van der Waals surface area contributed by atoms with E-state index < -0.39 is 10.0 Å². The summed E-state index contributed by atoms with van der Waals surface area (Å²) in [6, 6.07) is 13.9. The highest BCUT2D eigenvalue weighted by Gasteiger charge is 2.27. The molecule has 28 heavy (non-hydrogen) atoms. The summed E-state index contributed by atoms with van der Waals surface area (Å²) in [7, 11) is -3.67. The zero-order chi connectivity index (χ0) is 20.1. The fourth-order valence-electron chi connectivity index (χ4n) is 3.08. The number of benzene rings is 1. The monoisotopic (exact) mass is 399 g/mol. The van der Waals surface area contributed by atoms with E-state index in [0.717, 1.165) is 16.4 Å². The lowest BCUT2D eigenvalue weighted by atomic mass is 10.2. The molecule has 2 heterocycles. The quantitative estimate of drug-likeness (QED) is 0.746. The molecule has 0 N–H and O–H groups in total. The van der Waals surface area contributed by atoms with Crippen molar-refractivity contribution >= 4 is 27.4 Å². The van der Waals surface area contributed by atoms with Gasteiger partial charge >= 0.3 is 0 Å². The molecular weight excluding hydrogens is 378 g/mol. The number of carbonyl (C=O) groups excluding carboxylic acids is 1. The molecule has 0 saturated carbocycles. The van der Waals surface area contributed by atoms with Crippen molar-refractivity contribution in [2.24, 2.45) is 0 Å².